The molecule has 10 nitrogen and oxygen atoms in total. The Balaban J connectivity index is 3.50. The molecule has 5 N–H and O–H groups in total. The number of amides is 4. The zero-order valence-corrected chi connectivity index (χ0v) is 21.6. The van der Waals surface area contributed by atoms with Crippen LogP contribution in [-0.4, -0.2) is 58.1 Å². The van der Waals surface area contributed by atoms with Gasteiger partial charge in [-0.05, 0) is 46.6 Å². The lowest BCUT2D eigenvalue weighted by molar-refractivity contribution is -0.146. The Morgan fingerprint density at radius 2 is 1.77 bits per heavy atom. The topological polar surface area (TPSA) is 151 Å². The number of hydrogen-bond donors (Lipinski definition) is 4. The number of alkyl carbamates (subject to hydrolysis) is 1. The minimum atomic E-state index is -1.37. The van der Waals surface area contributed by atoms with Crippen LogP contribution < -0.4 is 16.4 Å². The molecule has 3 unspecified atom stereocenters. The van der Waals surface area contributed by atoms with Gasteiger partial charge in [0.1, 0.15) is 23.4 Å². The third-order valence-corrected chi connectivity index (χ3v) is 5.30. The number of rotatable bonds is 12. The van der Waals surface area contributed by atoms with E-state index >= 15 is 0 Å². The number of aromatic hydroxyl groups is 1. The van der Waals surface area contributed by atoms with Crippen molar-refractivity contribution in [3.63, 3.8) is 0 Å². The van der Waals surface area contributed by atoms with Gasteiger partial charge in [0, 0.05) is 18.2 Å². The van der Waals surface area contributed by atoms with Gasteiger partial charge in [0.05, 0.1) is 6.42 Å². The normalized spacial score (nSPS) is 13.8. The number of hydrogen-bond acceptors (Lipinski definition) is 6. The number of nitrogens with one attached hydrogen (secondary N) is 2. The molecule has 0 spiro atoms. The Labute approximate surface area is 207 Å². The van der Waals surface area contributed by atoms with Gasteiger partial charge in [0.2, 0.25) is 17.7 Å². The molecular weight excluding hydrogens is 452 g/mol. The predicted molar refractivity (Wildman–Crippen MR) is 132 cm³/mol. The van der Waals surface area contributed by atoms with Crippen molar-refractivity contribution < 1.29 is 29.0 Å². The highest BCUT2D eigenvalue weighted by molar-refractivity contribution is 5.95. The second-order valence-corrected chi connectivity index (χ2v) is 9.48. The lowest BCUT2D eigenvalue weighted by Crippen LogP contribution is -2.56. The van der Waals surface area contributed by atoms with E-state index in [9.17, 15) is 24.3 Å². The fourth-order valence-corrected chi connectivity index (χ4v) is 3.45. The largest absolute Gasteiger partial charge is 0.508 e. The molecule has 0 fully saturated rings. The van der Waals surface area contributed by atoms with Crippen molar-refractivity contribution in [3.05, 3.63) is 29.8 Å². The van der Waals surface area contributed by atoms with E-state index in [-0.39, 0.29) is 11.3 Å². The van der Waals surface area contributed by atoms with Crippen molar-refractivity contribution in [2.45, 2.75) is 91.0 Å². The molecule has 0 bridgehead atoms. The van der Waals surface area contributed by atoms with Crippen molar-refractivity contribution in [1.82, 2.24) is 15.5 Å². The summed E-state index contributed by atoms with van der Waals surface area (Å²) in [7, 11) is 0. The quantitative estimate of drug-likeness (QED) is 0.329. The number of phenols is 1. The number of primary amides is 1. The van der Waals surface area contributed by atoms with Crippen LogP contribution in [0.1, 0.15) is 78.8 Å². The summed E-state index contributed by atoms with van der Waals surface area (Å²) in [6.45, 7) is 11.0. The molecule has 0 aromatic heterocycles. The zero-order chi connectivity index (χ0) is 26.8. The molecule has 10 heteroatoms. The molecule has 4 amide bonds. The van der Waals surface area contributed by atoms with E-state index < -0.39 is 54.0 Å². The van der Waals surface area contributed by atoms with E-state index in [1.54, 1.807) is 45.9 Å². The number of para-hydroxylation sites is 1. The Bertz CT molecular complexity index is 883. The second-order valence-electron chi connectivity index (χ2n) is 9.48. The van der Waals surface area contributed by atoms with Crippen molar-refractivity contribution in [2.75, 3.05) is 6.54 Å². The van der Waals surface area contributed by atoms with Crippen LogP contribution in [0, 0.1) is 0 Å². The van der Waals surface area contributed by atoms with Gasteiger partial charge in [0.15, 0.2) is 0 Å². The number of carbonyl (C=O) groups is 4. The van der Waals surface area contributed by atoms with Crippen molar-refractivity contribution in [2.24, 2.45) is 5.73 Å². The van der Waals surface area contributed by atoms with E-state index in [4.69, 9.17) is 10.5 Å². The van der Waals surface area contributed by atoms with Crippen LogP contribution in [0.25, 0.3) is 0 Å². The van der Waals surface area contributed by atoms with E-state index in [0.717, 1.165) is 12.8 Å². The zero-order valence-electron chi connectivity index (χ0n) is 21.6. The summed E-state index contributed by atoms with van der Waals surface area (Å²) in [5.74, 6) is -2.14. The van der Waals surface area contributed by atoms with Gasteiger partial charge in [-0.3, -0.25) is 14.4 Å². The minimum absolute atomic E-state index is 0.157. The van der Waals surface area contributed by atoms with Crippen LogP contribution in [0.2, 0.25) is 0 Å². The van der Waals surface area contributed by atoms with Gasteiger partial charge in [-0.2, -0.15) is 0 Å². The maximum Gasteiger partial charge on any atom is 0.408 e. The van der Waals surface area contributed by atoms with Crippen LogP contribution in [-0.2, 0) is 19.1 Å². The lowest BCUT2D eigenvalue weighted by Gasteiger charge is -2.38. The molecule has 1 aromatic carbocycles. The van der Waals surface area contributed by atoms with Crippen molar-refractivity contribution >= 4 is 23.8 Å². The molecule has 0 aliphatic carbocycles. The smallest absolute Gasteiger partial charge is 0.408 e. The van der Waals surface area contributed by atoms with E-state index in [0.29, 0.717) is 13.0 Å². The summed E-state index contributed by atoms with van der Waals surface area (Å²) in [5.41, 5.74) is 4.77. The van der Waals surface area contributed by atoms with Crippen LogP contribution in [0.4, 0.5) is 4.79 Å². The maximum absolute atomic E-state index is 13.8. The van der Waals surface area contributed by atoms with Gasteiger partial charge >= 0.3 is 6.09 Å². The van der Waals surface area contributed by atoms with E-state index in [1.807, 2.05) is 13.8 Å². The maximum atomic E-state index is 13.8. The number of nitrogens with zero attached hydrogens (tertiary/aromatic N) is 1. The van der Waals surface area contributed by atoms with Crippen LogP contribution in [0.3, 0.4) is 0 Å². The molecule has 196 valence electrons. The third-order valence-electron chi connectivity index (χ3n) is 5.30. The summed E-state index contributed by atoms with van der Waals surface area (Å²) in [4.78, 5) is 52.7. The van der Waals surface area contributed by atoms with E-state index in [2.05, 4.69) is 10.6 Å². The number of carbonyl (C=O) groups excluding carboxylic acids is 4. The van der Waals surface area contributed by atoms with Crippen LogP contribution in [0.5, 0.6) is 5.75 Å². The molecule has 0 saturated carbocycles. The summed E-state index contributed by atoms with van der Waals surface area (Å²) < 4.78 is 5.25. The first kappa shape index (κ1) is 29.7. The Kier molecular flexibility index (Phi) is 11.5. The summed E-state index contributed by atoms with van der Waals surface area (Å²) in [5, 5.41) is 15.8. The number of nitrogens with two attached hydrogens (primary N) is 1. The number of unbranched alkanes of at least 4 members (excludes halogenated alkanes) is 1. The molecule has 35 heavy (non-hydrogen) atoms. The highest BCUT2D eigenvalue weighted by atomic mass is 16.6. The van der Waals surface area contributed by atoms with Crippen LogP contribution >= 0.6 is 0 Å². The number of phenolic OH excluding ortho intramolecular Hbond substituents is 1. The molecule has 0 heterocycles. The molecular formula is C25H40N4O6. The average molecular weight is 493 g/mol. The van der Waals surface area contributed by atoms with Crippen molar-refractivity contribution in [3.8, 4) is 5.75 Å². The average Bonchev–Trinajstić information content (AvgIpc) is 2.75. The Hall–Kier alpha value is -3.30. The first-order valence-corrected chi connectivity index (χ1v) is 12.0. The first-order valence-electron chi connectivity index (χ1n) is 12.0. The number of benzene rings is 1. The monoisotopic (exact) mass is 492 g/mol. The first-order chi connectivity index (χ1) is 16.3. The molecule has 1 rings (SSSR count). The minimum Gasteiger partial charge on any atom is -0.508 e. The SMILES string of the molecule is CCCCNC(=O)C(c1ccccc1O)N(C(=O)C(CC(N)=O)NC(=O)OC(C)(C)C)C(C)CC. The molecule has 0 aliphatic heterocycles. The summed E-state index contributed by atoms with van der Waals surface area (Å²) in [6.07, 6.45) is 0.675. The molecule has 0 aliphatic rings. The predicted octanol–water partition coefficient (Wildman–Crippen LogP) is 2.75. The highest BCUT2D eigenvalue weighted by Gasteiger charge is 2.39. The van der Waals surface area contributed by atoms with E-state index in [1.165, 1.54) is 11.0 Å². The lowest BCUT2D eigenvalue weighted by atomic mass is 9.98. The van der Waals surface area contributed by atoms with Crippen molar-refractivity contribution in [1.29, 1.82) is 0 Å². The third kappa shape index (κ3) is 9.46. The van der Waals surface area contributed by atoms with Gasteiger partial charge in [-0.1, -0.05) is 38.5 Å². The molecule has 1 aromatic rings. The van der Waals surface area contributed by atoms with Gasteiger partial charge in [-0.15, -0.1) is 0 Å². The van der Waals surface area contributed by atoms with Gasteiger partial charge in [0.25, 0.3) is 0 Å². The fourth-order valence-electron chi connectivity index (χ4n) is 3.45. The highest BCUT2D eigenvalue weighted by Crippen LogP contribution is 2.32. The van der Waals surface area contributed by atoms with Gasteiger partial charge in [-0.25, -0.2) is 4.79 Å². The van der Waals surface area contributed by atoms with Gasteiger partial charge < -0.3 is 31.1 Å². The Morgan fingerprint density at radius 3 is 2.29 bits per heavy atom. The fraction of sp³-hybridized carbons (Fsp3) is 0.600. The molecule has 0 radical (unpaired) electrons. The number of ether oxygens (including phenoxy) is 1. The molecule has 0 saturated heterocycles. The summed E-state index contributed by atoms with van der Waals surface area (Å²) in [6, 6.07) is 3.20. The summed E-state index contributed by atoms with van der Waals surface area (Å²) >= 11 is 0. The standard InChI is InChI=1S/C25H40N4O6/c1-7-9-14-27-22(32)21(17-12-10-11-13-19(17)30)29(16(3)8-2)23(33)18(15-20(26)31)28-24(34)35-25(4,5)6/h10-13,16,18,21,30H,7-9,14-15H2,1-6H3,(H2,26,31)(H,27,32)(H,28,34). The molecule has 3 atom stereocenters. The second kappa shape index (κ2) is 13.6. The van der Waals surface area contributed by atoms with Crippen LogP contribution in [0.15, 0.2) is 24.3 Å². The Morgan fingerprint density at radius 1 is 1.14 bits per heavy atom.